The Morgan fingerprint density at radius 3 is 2.26 bits per heavy atom. The van der Waals surface area contributed by atoms with E-state index in [-0.39, 0.29) is 5.56 Å². The lowest BCUT2D eigenvalue weighted by Crippen LogP contribution is -2.41. The highest BCUT2D eigenvalue weighted by Gasteiger charge is 2.13. The molecule has 2 N–H and O–H groups in total. The molecule has 0 unspecified atom stereocenters. The van der Waals surface area contributed by atoms with Crippen LogP contribution in [0, 0.1) is 5.82 Å². The number of hydrogen-bond acceptors (Lipinski definition) is 5. The third kappa shape index (κ3) is 4.78. The number of benzene rings is 3. The van der Waals surface area contributed by atoms with Crippen molar-refractivity contribution in [2.45, 2.75) is 6.54 Å². The van der Waals surface area contributed by atoms with Gasteiger partial charge in [-0.05, 0) is 35.0 Å². The first-order valence-electron chi connectivity index (χ1n) is 9.37. The molecule has 0 aliphatic carbocycles. The predicted molar refractivity (Wildman–Crippen MR) is 110 cm³/mol. The highest BCUT2D eigenvalue weighted by molar-refractivity contribution is 5.99. The second kappa shape index (κ2) is 8.95. The summed E-state index contributed by atoms with van der Waals surface area (Å²) < 4.78 is 13.6. The number of hydrogen-bond donors (Lipinski definition) is 2. The Morgan fingerprint density at radius 2 is 1.52 bits per heavy atom. The van der Waals surface area contributed by atoms with Gasteiger partial charge in [0.1, 0.15) is 5.82 Å². The van der Waals surface area contributed by atoms with Crippen molar-refractivity contribution < 1.29 is 14.0 Å². The molecule has 31 heavy (non-hydrogen) atoms. The van der Waals surface area contributed by atoms with E-state index in [4.69, 9.17) is 0 Å². The second-order valence-electron chi connectivity index (χ2n) is 6.59. The first-order valence-corrected chi connectivity index (χ1v) is 9.37. The van der Waals surface area contributed by atoms with Gasteiger partial charge in [0, 0.05) is 11.1 Å². The molecular formula is C22H17FN6O2. The van der Waals surface area contributed by atoms with Crippen molar-refractivity contribution in [3.05, 3.63) is 101 Å². The number of aromatic nitrogens is 4. The smallest absolute Gasteiger partial charge is 0.267 e. The summed E-state index contributed by atoms with van der Waals surface area (Å²) in [7, 11) is 0. The van der Waals surface area contributed by atoms with Crippen molar-refractivity contribution in [1.82, 2.24) is 31.1 Å². The zero-order chi connectivity index (χ0) is 21.6. The third-order valence-corrected chi connectivity index (χ3v) is 4.43. The fourth-order valence-corrected chi connectivity index (χ4v) is 2.84. The Hall–Kier alpha value is -4.40. The Balaban J connectivity index is 1.35. The van der Waals surface area contributed by atoms with Gasteiger partial charge in [0.15, 0.2) is 0 Å². The van der Waals surface area contributed by atoms with Gasteiger partial charge < -0.3 is 0 Å². The molecule has 0 atom stereocenters. The molecule has 2 amide bonds. The van der Waals surface area contributed by atoms with Gasteiger partial charge in [0.2, 0.25) is 5.82 Å². The van der Waals surface area contributed by atoms with Crippen LogP contribution >= 0.6 is 0 Å². The molecular weight excluding hydrogens is 399 g/mol. The number of carbonyl (C=O) groups excluding carboxylic acids is 2. The monoisotopic (exact) mass is 416 g/mol. The number of tetrazole rings is 1. The summed E-state index contributed by atoms with van der Waals surface area (Å²) in [4.78, 5) is 25.7. The first-order chi connectivity index (χ1) is 15.1. The summed E-state index contributed by atoms with van der Waals surface area (Å²) in [6.45, 7) is 0.381. The number of halogens is 1. The molecule has 4 rings (SSSR count). The summed E-state index contributed by atoms with van der Waals surface area (Å²) in [5.41, 5.74) is 6.38. The van der Waals surface area contributed by atoms with Crippen molar-refractivity contribution in [2.24, 2.45) is 0 Å². The van der Waals surface area contributed by atoms with Crippen LogP contribution in [0.4, 0.5) is 4.39 Å². The Kier molecular flexibility index (Phi) is 5.75. The second-order valence-corrected chi connectivity index (χ2v) is 6.59. The number of nitrogens with one attached hydrogen (secondary N) is 2. The maximum absolute atomic E-state index is 13.6. The lowest BCUT2D eigenvalue weighted by molar-refractivity contribution is 0.0844. The molecule has 4 aromatic rings. The van der Waals surface area contributed by atoms with Gasteiger partial charge >= 0.3 is 0 Å². The number of amides is 2. The fourth-order valence-electron chi connectivity index (χ4n) is 2.84. The summed E-state index contributed by atoms with van der Waals surface area (Å²) in [6, 6.07) is 21.7. The molecule has 0 saturated carbocycles. The van der Waals surface area contributed by atoms with Crippen LogP contribution in [0.5, 0.6) is 0 Å². The zero-order valence-corrected chi connectivity index (χ0v) is 16.2. The van der Waals surface area contributed by atoms with Crippen molar-refractivity contribution in [1.29, 1.82) is 0 Å². The van der Waals surface area contributed by atoms with Gasteiger partial charge in [0.25, 0.3) is 11.8 Å². The van der Waals surface area contributed by atoms with Crippen LogP contribution in [-0.4, -0.2) is 32.0 Å². The number of hydrazine groups is 1. The largest absolute Gasteiger partial charge is 0.272 e. The molecule has 0 bridgehead atoms. The van der Waals surface area contributed by atoms with E-state index in [1.807, 2.05) is 30.3 Å². The maximum atomic E-state index is 13.6. The molecule has 0 aliphatic heterocycles. The van der Waals surface area contributed by atoms with Crippen LogP contribution in [0.25, 0.3) is 11.4 Å². The minimum absolute atomic E-state index is 0.159. The van der Waals surface area contributed by atoms with E-state index in [2.05, 4.69) is 26.3 Å². The summed E-state index contributed by atoms with van der Waals surface area (Å²) >= 11 is 0. The van der Waals surface area contributed by atoms with Crippen molar-refractivity contribution >= 4 is 11.8 Å². The first kappa shape index (κ1) is 19.9. The maximum Gasteiger partial charge on any atom is 0.272 e. The predicted octanol–water partition coefficient (Wildman–Crippen LogP) is 2.60. The number of carbonyl (C=O) groups is 2. The molecule has 0 aliphatic rings. The molecule has 9 heteroatoms. The van der Waals surface area contributed by atoms with E-state index in [1.165, 1.54) is 29.1 Å². The fraction of sp³-hybridized carbons (Fsp3) is 0.0455. The van der Waals surface area contributed by atoms with E-state index in [0.29, 0.717) is 17.9 Å². The molecule has 1 aromatic heterocycles. The summed E-state index contributed by atoms with van der Waals surface area (Å²) in [6.07, 6.45) is 0. The quantitative estimate of drug-likeness (QED) is 0.487. The Bertz CT molecular complexity index is 1210. The molecule has 0 fully saturated rings. The Labute approximate surface area is 176 Å². The SMILES string of the molecule is O=C(NNC(=O)c1ccccc1F)c1ccc(Cn2nnc(-c3ccccc3)n2)cc1. The van der Waals surface area contributed by atoms with E-state index in [0.717, 1.165) is 11.1 Å². The van der Waals surface area contributed by atoms with Crippen LogP contribution in [-0.2, 0) is 6.54 Å². The average Bonchev–Trinajstić information content (AvgIpc) is 3.27. The lowest BCUT2D eigenvalue weighted by Gasteiger charge is -2.08. The highest BCUT2D eigenvalue weighted by Crippen LogP contribution is 2.13. The molecule has 1 heterocycles. The Morgan fingerprint density at radius 1 is 0.839 bits per heavy atom. The van der Waals surface area contributed by atoms with E-state index < -0.39 is 17.6 Å². The van der Waals surface area contributed by atoms with Crippen LogP contribution in [0.15, 0.2) is 78.9 Å². The number of nitrogens with zero attached hydrogens (tertiary/aromatic N) is 4. The van der Waals surface area contributed by atoms with Gasteiger partial charge in [-0.25, -0.2) is 4.39 Å². The van der Waals surface area contributed by atoms with Crippen LogP contribution in [0.2, 0.25) is 0 Å². The van der Waals surface area contributed by atoms with Gasteiger partial charge in [-0.1, -0.05) is 54.6 Å². The van der Waals surface area contributed by atoms with Gasteiger partial charge in [0.05, 0.1) is 12.1 Å². The molecule has 154 valence electrons. The van der Waals surface area contributed by atoms with Crippen LogP contribution in [0.1, 0.15) is 26.3 Å². The molecule has 0 radical (unpaired) electrons. The van der Waals surface area contributed by atoms with Crippen molar-refractivity contribution in [2.75, 3.05) is 0 Å². The minimum Gasteiger partial charge on any atom is -0.267 e. The van der Waals surface area contributed by atoms with Crippen molar-refractivity contribution in [3.8, 4) is 11.4 Å². The summed E-state index contributed by atoms with van der Waals surface area (Å²) in [5, 5.41) is 12.5. The lowest BCUT2D eigenvalue weighted by atomic mass is 10.1. The molecule has 0 saturated heterocycles. The van der Waals surface area contributed by atoms with Gasteiger partial charge in [-0.3, -0.25) is 20.4 Å². The van der Waals surface area contributed by atoms with Gasteiger partial charge in [-0.2, -0.15) is 4.80 Å². The van der Waals surface area contributed by atoms with E-state index in [1.54, 1.807) is 24.3 Å². The van der Waals surface area contributed by atoms with E-state index >= 15 is 0 Å². The third-order valence-electron chi connectivity index (χ3n) is 4.43. The summed E-state index contributed by atoms with van der Waals surface area (Å²) in [5.74, 6) is -1.41. The zero-order valence-electron chi connectivity index (χ0n) is 16.2. The molecule has 0 spiro atoms. The standard InChI is InChI=1S/C22H17FN6O2/c23-19-9-5-4-8-18(19)22(31)26-25-21(30)17-12-10-15(11-13-17)14-29-27-20(24-28-29)16-6-2-1-3-7-16/h1-13H,14H2,(H,25,30)(H,26,31). The molecule has 3 aromatic carbocycles. The average molecular weight is 416 g/mol. The van der Waals surface area contributed by atoms with Crippen LogP contribution < -0.4 is 10.9 Å². The normalized spacial score (nSPS) is 10.5. The molecule has 8 nitrogen and oxygen atoms in total. The van der Waals surface area contributed by atoms with Crippen LogP contribution in [0.3, 0.4) is 0 Å². The number of rotatable bonds is 5. The van der Waals surface area contributed by atoms with E-state index in [9.17, 15) is 14.0 Å². The minimum atomic E-state index is -0.741. The highest BCUT2D eigenvalue weighted by atomic mass is 19.1. The topological polar surface area (TPSA) is 102 Å². The van der Waals surface area contributed by atoms with Crippen molar-refractivity contribution in [3.63, 3.8) is 0 Å². The van der Waals surface area contributed by atoms with Gasteiger partial charge in [-0.15, -0.1) is 10.2 Å².